The van der Waals surface area contributed by atoms with Crippen LogP contribution in [-0.4, -0.2) is 16.9 Å². The first kappa shape index (κ1) is 14.6. The average Bonchev–Trinajstić information content (AvgIpc) is 2.73. The second kappa shape index (κ2) is 6.09. The second-order valence-corrected chi connectivity index (χ2v) is 5.06. The van der Waals surface area contributed by atoms with Gasteiger partial charge in [-0.2, -0.15) is 5.10 Å². The van der Waals surface area contributed by atoms with Crippen LogP contribution in [0.5, 0.6) is 5.75 Å². The van der Waals surface area contributed by atoms with Crippen LogP contribution in [0.1, 0.15) is 35.5 Å². The third kappa shape index (κ3) is 2.85. The Hall–Kier alpha value is -1.81. The minimum Gasteiger partial charge on any atom is -0.497 e. The lowest BCUT2D eigenvalue weighted by atomic mass is 10.1. The molecule has 1 heterocycles. The number of aromatic nitrogens is 2. The van der Waals surface area contributed by atoms with Gasteiger partial charge in [0.05, 0.1) is 19.3 Å². The summed E-state index contributed by atoms with van der Waals surface area (Å²) in [4.78, 5) is 0. The summed E-state index contributed by atoms with van der Waals surface area (Å²) in [6.07, 6.45) is 1.01. The Labute approximate surface area is 120 Å². The van der Waals surface area contributed by atoms with Crippen molar-refractivity contribution in [2.75, 3.05) is 7.11 Å². The van der Waals surface area contributed by atoms with Gasteiger partial charge >= 0.3 is 0 Å². The van der Waals surface area contributed by atoms with E-state index in [9.17, 15) is 0 Å². The van der Waals surface area contributed by atoms with E-state index in [1.807, 2.05) is 28.9 Å². The molecule has 1 atom stereocenters. The van der Waals surface area contributed by atoms with Gasteiger partial charge in [-0.25, -0.2) is 0 Å². The van der Waals surface area contributed by atoms with Crippen molar-refractivity contribution in [3.63, 3.8) is 0 Å². The highest BCUT2D eigenvalue weighted by Crippen LogP contribution is 2.20. The van der Waals surface area contributed by atoms with Gasteiger partial charge < -0.3 is 10.5 Å². The molecule has 20 heavy (non-hydrogen) atoms. The van der Waals surface area contributed by atoms with Gasteiger partial charge in [-0.15, -0.1) is 0 Å². The zero-order valence-corrected chi connectivity index (χ0v) is 12.7. The van der Waals surface area contributed by atoms with Crippen LogP contribution < -0.4 is 10.5 Å². The lowest BCUT2D eigenvalue weighted by molar-refractivity contribution is 0.414. The number of nitrogens with two attached hydrogens (primary N) is 1. The molecule has 2 aromatic rings. The summed E-state index contributed by atoms with van der Waals surface area (Å²) in [6, 6.07) is 7.83. The highest BCUT2D eigenvalue weighted by atomic mass is 16.5. The predicted molar refractivity (Wildman–Crippen MR) is 81.0 cm³/mol. The predicted octanol–water partition coefficient (Wildman–Crippen LogP) is 2.77. The van der Waals surface area contributed by atoms with E-state index in [2.05, 4.69) is 25.9 Å². The number of nitrogens with zero attached hydrogens (tertiary/aromatic N) is 2. The van der Waals surface area contributed by atoms with Crippen LogP contribution in [0.25, 0.3) is 0 Å². The summed E-state index contributed by atoms with van der Waals surface area (Å²) in [5, 5.41) is 4.59. The van der Waals surface area contributed by atoms with E-state index >= 15 is 0 Å². The lowest BCUT2D eigenvalue weighted by Gasteiger charge is -2.14. The molecule has 1 aromatic carbocycles. The number of ether oxygens (including phenoxy) is 1. The normalized spacial score (nSPS) is 12.4. The fourth-order valence-electron chi connectivity index (χ4n) is 2.57. The molecule has 0 aliphatic carbocycles. The molecule has 0 spiro atoms. The standard InChI is InChI=1S/C16H23N3O/c1-5-15-11(2)18-19(12(15)3)10-16(17)13-6-8-14(20-4)9-7-13/h6-9,16H,5,10,17H2,1-4H3. The van der Waals surface area contributed by atoms with Gasteiger partial charge in [0, 0.05) is 11.7 Å². The van der Waals surface area contributed by atoms with Gasteiger partial charge in [0.15, 0.2) is 0 Å². The van der Waals surface area contributed by atoms with Crippen molar-refractivity contribution in [2.24, 2.45) is 5.73 Å². The molecular formula is C16H23N3O. The first-order chi connectivity index (χ1) is 9.56. The Morgan fingerprint density at radius 1 is 1.25 bits per heavy atom. The van der Waals surface area contributed by atoms with Crippen molar-refractivity contribution in [3.05, 3.63) is 46.8 Å². The van der Waals surface area contributed by atoms with Crippen molar-refractivity contribution < 1.29 is 4.74 Å². The molecule has 0 saturated carbocycles. The molecule has 2 N–H and O–H groups in total. The molecule has 0 radical (unpaired) electrons. The molecule has 1 unspecified atom stereocenters. The molecule has 0 amide bonds. The molecule has 0 bridgehead atoms. The third-order valence-electron chi connectivity index (χ3n) is 3.80. The van der Waals surface area contributed by atoms with Crippen LogP contribution in [0.4, 0.5) is 0 Å². The lowest BCUT2D eigenvalue weighted by Crippen LogP contribution is -2.19. The smallest absolute Gasteiger partial charge is 0.118 e. The van der Waals surface area contributed by atoms with Crippen molar-refractivity contribution in [2.45, 2.75) is 39.8 Å². The molecular weight excluding hydrogens is 250 g/mol. The van der Waals surface area contributed by atoms with Crippen LogP contribution in [0.3, 0.4) is 0 Å². The fraction of sp³-hybridized carbons (Fsp3) is 0.438. The number of hydrogen-bond donors (Lipinski definition) is 1. The Morgan fingerprint density at radius 2 is 1.90 bits per heavy atom. The zero-order chi connectivity index (χ0) is 14.7. The molecule has 2 rings (SSSR count). The van der Waals surface area contributed by atoms with Gasteiger partial charge in [-0.1, -0.05) is 19.1 Å². The Bertz CT molecular complexity index is 572. The summed E-state index contributed by atoms with van der Waals surface area (Å²) in [5.74, 6) is 0.848. The first-order valence-electron chi connectivity index (χ1n) is 6.99. The van der Waals surface area contributed by atoms with E-state index in [1.165, 1.54) is 11.3 Å². The Morgan fingerprint density at radius 3 is 2.40 bits per heavy atom. The third-order valence-corrected chi connectivity index (χ3v) is 3.80. The topological polar surface area (TPSA) is 53.1 Å². The maximum atomic E-state index is 6.29. The van der Waals surface area contributed by atoms with Crippen molar-refractivity contribution in [3.8, 4) is 5.75 Å². The summed E-state index contributed by atoms with van der Waals surface area (Å²) >= 11 is 0. The fourth-order valence-corrected chi connectivity index (χ4v) is 2.57. The quantitative estimate of drug-likeness (QED) is 0.911. The molecule has 4 heteroatoms. The highest BCUT2D eigenvalue weighted by molar-refractivity contribution is 5.29. The maximum absolute atomic E-state index is 6.29. The minimum atomic E-state index is -0.0661. The second-order valence-electron chi connectivity index (χ2n) is 5.06. The van der Waals surface area contributed by atoms with E-state index in [0.29, 0.717) is 6.54 Å². The number of benzene rings is 1. The summed E-state index contributed by atoms with van der Waals surface area (Å²) in [5.41, 5.74) is 11.0. The summed E-state index contributed by atoms with van der Waals surface area (Å²) in [6.45, 7) is 7.02. The highest BCUT2D eigenvalue weighted by Gasteiger charge is 2.13. The van der Waals surface area contributed by atoms with Crippen LogP contribution in [-0.2, 0) is 13.0 Å². The summed E-state index contributed by atoms with van der Waals surface area (Å²) < 4.78 is 7.18. The number of methoxy groups -OCH3 is 1. The van der Waals surface area contributed by atoms with Crippen LogP contribution in [0.2, 0.25) is 0 Å². The van der Waals surface area contributed by atoms with Gasteiger partial charge in [0.1, 0.15) is 5.75 Å². The van der Waals surface area contributed by atoms with E-state index < -0.39 is 0 Å². The van der Waals surface area contributed by atoms with Crippen molar-refractivity contribution >= 4 is 0 Å². The number of rotatable bonds is 5. The molecule has 0 aliphatic rings. The first-order valence-corrected chi connectivity index (χ1v) is 6.99. The van der Waals surface area contributed by atoms with Gasteiger partial charge in [-0.05, 0) is 43.5 Å². The molecule has 0 saturated heterocycles. The maximum Gasteiger partial charge on any atom is 0.118 e. The Kier molecular flexibility index (Phi) is 4.45. The van der Waals surface area contributed by atoms with E-state index in [0.717, 1.165) is 23.4 Å². The number of aryl methyl sites for hydroxylation is 1. The van der Waals surface area contributed by atoms with Crippen LogP contribution >= 0.6 is 0 Å². The van der Waals surface area contributed by atoms with Crippen LogP contribution in [0.15, 0.2) is 24.3 Å². The summed E-state index contributed by atoms with van der Waals surface area (Å²) in [7, 11) is 1.66. The Balaban J connectivity index is 2.16. The van der Waals surface area contributed by atoms with Crippen molar-refractivity contribution in [1.82, 2.24) is 9.78 Å². The van der Waals surface area contributed by atoms with Gasteiger partial charge in [0.25, 0.3) is 0 Å². The zero-order valence-electron chi connectivity index (χ0n) is 12.7. The molecule has 1 aromatic heterocycles. The molecule has 108 valence electrons. The van der Waals surface area contributed by atoms with E-state index in [-0.39, 0.29) is 6.04 Å². The number of hydrogen-bond acceptors (Lipinski definition) is 3. The molecule has 0 aliphatic heterocycles. The van der Waals surface area contributed by atoms with Gasteiger partial charge in [0.2, 0.25) is 0 Å². The van der Waals surface area contributed by atoms with Crippen LogP contribution in [0, 0.1) is 13.8 Å². The SMILES string of the molecule is CCc1c(C)nn(CC(N)c2ccc(OC)cc2)c1C. The van der Waals surface area contributed by atoms with E-state index in [1.54, 1.807) is 7.11 Å². The monoisotopic (exact) mass is 273 g/mol. The minimum absolute atomic E-state index is 0.0661. The van der Waals surface area contributed by atoms with E-state index in [4.69, 9.17) is 10.5 Å². The van der Waals surface area contributed by atoms with Gasteiger partial charge in [-0.3, -0.25) is 4.68 Å². The molecule has 0 fully saturated rings. The largest absolute Gasteiger partial charge is 0.497 e. The average molecular weight is 273 g/mol. The molecule has 4 nitrogen and oxygen atoms in total. The van der Waals surface area contributed by atoms with Crippen molar-refractivity contribution in [1.29, 1.82) is 0 Å².